The van der Waals surface area contributed by atoms with Crippen LogP contribution in [-0.2, 0) is 26.9 Å². The zero-order chi connectivity index (χ0) is 13.6. The average Bonchev–Trinajstić information content (AvgIpc) is 2.73. The summed E-state index contributed by atoms with van der Waals surface area (Å²) < 4.78 is 24.1. The van der Waals surface area contributed by atoms with Gasteiger partial charge in [-0.1, -0.05) is 19.1 Å². The normalized spacial score (nSPS) is 11.4. The molecular formula is C10H18N4O3S. The second-order valence-electron chi connectivity index (χ2n) is 3.93. The standard InChI is InChI=1S/C10H18N4O3S/c1-3-5-11-10(15)7-14-6-9(12-13-14)8-18(16,17)4-2/h6H,3-5,7-8H2,1-2H3,(H,11,15). The third kappa shape index (κ3) is 4.82. The Hall–Kier alpha value is -1.44. The summed E-state index contributed by atoms with van der Waals surface area (Å²) in [4.78, 5) is 11.4. The Morgan fingerprint density at radius 1 is 1.44 bits per heavy atom. The van der Waals surface area contributed by atoms with Crippen LogP contribution >= 0.6 is 0 Å². The number of hydrogen-bond acceptors (Lipinski definition) is 5. The van der Waals surface area contributed by atoms with Crippen LogP contribution in [0.3, 0.4) is 0 Å². The van der Waals surface area contributed by atoms with Crippen molar-refractivity contribution in [3.8, 4) is 0 Å². The predicted octanol–water partition coefficient (Wildman–Crippen LogP) is -0.261. The van der Waals surface area contributed by atoms with Crippen LogP contribution in [0.2, 0.25) is 0 Å². The van der Waals surface area contributed by atoms with E-state index in [0.29, 0.717) is 12.2 Å². The number of rotatable bonds is 7. The van der Waals surface area contributed by atoms with Crippen molar-refractivity contribution in [1.29, 1.82) is 0 Å². The summed E-state index contributed by atoms with van der Waals surface area (Å²) >= 11 is 0. The molecule has 1 aromatic rings. The molecule has 0 fully saturated rings. The summed E-state index contributed by atoms with van der Waals surface area (Å²) in [7, 11) is -3.12. The molecule has 0 saturated heterocycles. The van der Waals surface area contributed by atoms with Gasteiger partial charge in [0.25, 0.3) is 0 Å². The third-order valence-electron chi connectivity index (χ3n) is 2.27. The molecule has 0 aromatic carbocycles. The van der Waals surface area contributed by atoms with Crippen molar-refractivity contribution in [3.63, 3.8) is 0 Å². The van der Waals surface area contributed by atoms with Gasteiger partial charge in [0.1, 0.15) is 6.54 Å². The summed E-state index contributed by atoms with van der Waals surface area (Å²) in [5.74, 6) is -0.233. The molecule has 1 N–H and O–H groups in total. The molecule has 0 bridgehead atoms. The Morgan fingerprint density at radius 3 is 2.78 bits per heavy atom. The smallest absolute Gasteiger partial charge is 0.241 e. The van der Waals surface area contributed by atoms with E-state index in [1.54, 1.807) is 6.92 Å². The van der Waals surface area contributed by atoms with Gasteiger partial charge in [0, 0.05) is 12.3 Å². The van der Waals surface area contributed by atoms with E-state index in [1.807, 2.05) is 6.92 Å². The van der Waals surface area contributed by atoms with Crippen LogP contribution in [0.25, 0.3) is 0 Å². The summed E-state index contributed by atoms with van der Waals surface area (Å²) in [5.41, 5.74) is 0.361. The molecule has 7 nitrogen and oxygen atoms in total. The minimum absolute atomic E-state index is 0.0547. The van der Waals surface area contributed by atoms with E-state index < -0.39 is 9.84 Å². The third-order valence-corrected chi connectivity index (χ3v) is 3.89. The first kappa shape index (κ1) is 14.6. The van der Waals surface area contributed by atoms with E-state index in [2.05, 4.69) is 15.6 Å². The van der Waals surface area contributed by atoms with Gasteiger partial charge in [-0.25, -0.2) is 13.1 Å². The second-order valence-corrected chi connectivity index (χ2v) is 6.29. The number of aromatic nitrogens is 3. The van der Waals surface area contributed by atoms with Crippen LogP contribution in [0.15, 0.2) is 6.20 Å². The molecule has 0 aliphatic rings. The van der Waals surface area contributed by atoms with Crippen molar-refractivity contribution >= 4 is 15.7 Å². The number of carbonyl (C=O) groups is 1. The Kier molecular flexibility index (Phi) is 5.26. The van der Waals surface area contributed by atoms with E-state index in [1.165, 1.54) is 10.9 Å². The first-order valence-corrected chi connectivity index (χ1v) is 7.65. The van der Waals surface area contributed by atoms with Gasteiger partial charge < -0.3 is 5.32 Å². The number of carbonyl (C=O) groups excluding carboxylic acids is 1. The monoisotopic (exact) mass is 274 g/mol. The molecule has 0 unspecified atom stereocenters. The Labute approximate surface area is 106 Å². The number of hydrogen-bond donors (Lipinski definition) is 1. The van der Waals surface area contributed by atoms with E-state index in [-0.39, 0.29) is 24.0 Å². The molecule has 1 heterocycles. The van der Waals surface area contributed by atoms with E-state index in [9.17, 15) is 13.2 Å². The van der Waals surface area contributed by atoms with Gasteiger partial charge in [-0.2, -0.15) is 0 Å². The maximum absolute atomic E-state index is 11.4. The molecule has 8 heteroatoms. The first-order valence-electron chi connectivity index (χ1n) is 5.83. The quantitative estimate of drug-likeness (QED) is 0.739. The molecule has 0 aliphatic carbocycles. The lowest BCUT2D eigenvalue weighted by atomic mass is 10.4. The summed E-state index contributed by atoms with van der Waals surface area (Å²) in [6.45, 7) is 4.21. The van der Waals surface area contributed by atoms with Crippen molar-refractivity contribution < 1.29 is 13.2 Å². The van der Waals surface area contributed by atoms with Gasteiger partial charge >= 0.3 is 0 Å². The first-order chi connectivity index (χ1) is 8.46. The van der Waals surface area contributed by atoms with Gasteiger partial charge in [-0.15, -0.1) is 5.10 Å². The Bertz CT molecular complexity index is 495. The molecule has 1 aromatic heterocycles. The lowest BCUT2D eigenvalue weighted by Crippen LogP contribution is -2.28. The fourth-order valence-corrected chi connectivity index (χ4v) is 2.06. The van der Waals surface area contributed by atoms with Crippen molar-refractivity contribution in [2.45, 2.75) is 32.6 Å². The lowest BCUT2D eigenvalue weighted by Gasteiger charge is -2.02. The predicted molar refractivity (Wildman–Crippen MR) is 66.5 cm³/mol. The molecular weight excluding hydrogens is 256 g/mol. The molecule has 1 rings (SSSR count). The minimum Gasteiger partial charge on any atom is -0.355 e. The van der Waals surface area contributed by atoms with Crippen molar-refractivity contribution in [1.82, 2.24) is 20.3 Å². The maximum atomic E-state index is 11.4. The number of nitrogens with one attached hydrogen (secondary N) is 1. The van der Waals surface area contributed by atoms with Crippen molar-refractivity contribution in [2.75, 3.05) is 12.3 Å². The van der Waals surface area contributed by atoms with Gasteiger partial charge in [0.15, 0.2) is 9.84 Å². The highest BCUT2D eigenvalue weighted by Gasteiger charge is 2.12. The van der Waals surface area contributed by atoms with Crippen LogP contribution < -0.4 is 5.32 Å². The maximum Gasteiger partial charge on any atom is 0.241 e. The molecule has 0 radical (unpaired) electrons. The highest BCUT2D eigenvalue weighted by molar-refractivity contribution is 7.90. The van der Waals surface area contributed by atoms with Crippen LogP contribution in [0.1, 0.15) is 26.0 Å². The molecule has 0 saturated carbocycles. The van der Waals surface area contributed by atoms with Gasteiger partial charge in [-0.05, 0) is 6.42 Å². The lowest BCUT2D eigenvalue weighted by molar-refractivity contribution is -0.121. The fraction of sp³-hybridized carbons (Fsp3) is 0.700. The van der Waals surface area contributed by atoms with E-state index in [0.717, 1.165) is 6.42 Å². The highest BCUT2D eigenvalue weighted by Crippen LogP contribution is 2.02. The van der Waals surface area contributed by atoms with E-state index in [4.69, 9.17) is 0 Å². The number of sulfone groups is 1. The van der Waals surface area contributed by atoms with Gasteiger partial charge in [0.2, 0.25) is 5.91 Å². The molecule has 1 amide bonds. The largest absolute Gasteiger partial charge is 0.355 e. The summed E-state index contributed by atoms with van der Waals surface area (Å²) in [6.07, 6.45) is 2.35. The zero-order valence-electron chi connectivity index (χ0n) is 10.6. The Morgan fingerprint density at radius 2 is 2.17 bits per heavy atom. The van der Waals surface area contributed by atoms with Crippen LogP contribution in [0.5, 0.6) is 0 Å². The zero-order valence-corrected chi connectivity index (χ0v) is 11.4. The molecule has 0 aliphatic heterocycles. The molecule has 0 spiro atoms. The molecule has 18 heavy (non-hydrogen) atoms. The SMILES string of the molecule is CCCNC(=O)Cn1cc(CS(=O)(=O)CC)nn1. The average molecular weight is 274 g/mol. The van der Waals surface area contributed by atoms with Crippen molar-refractivity contribution in [2.24, 2.45) is 0 Å². The van der Waals surface area contributed by atoms with Crippen molar-refractivity contribution in [3.05, 3.63) is 11.9 Å². The summed E-state index contributed by atoms with van der Waals surface area (Å²) in [5, 5.41) is 10.2. The van der Waals surface area contributed by atoms with Crippen LogP contribution in [0.4, 0.5) is 0 Å². The highest BCUT2D eigenvalue weighted by atomic mass is 32.2. The van der Waals surface area contributed by atoms with Crippen LogP contribution in [-0.4, -0.2) is 41.6 Å². The minimum atomic E-state index is -3.12. The molecule has 102 valence electrons. The molecule has 0 atom stereocenters. The number of nitrogens with zero attached hydrogens (tertiary/aromatic N) is 3. The van der Waals surface area contributed by atoms with Gasteiger partial charge in [-0.3, -0.25) is 4.79 Å². The topological polar surface area (TPSA) is 94.0 Å². The Balaban J connectivity index is 2.56. The van der Waals surface area contributed by atoms with Crippen LogP contribution in [0, 0.1) is 0 Å². The van der Waals surface area contributed by atoms with Gasteiger partial charge in [0.05, 0.1) is 17.6 Å². The fourth-order valence-electron chi connectivity index (χ4n) is 1.28. The second kappa shape index (κ2) is 6.48. The van der Waals surface area contributed by atoms with E-state index >= 15 is 0 Å². The summed E-state index contributed by atoms with van der Waals surface area (Å²) in [6, 6.07) is 0. The number of amides is 1.